The number of carbonyl (C=O) groups is 3. The molecule has 1 aromatic carbocycles. The smallest absolute Gasteiger partial charge is 0.319 e. The Kier molecular flexibility index (Phi) is 5.34. The Hall–Kier alpha value is -2.57. The molecule has 0 aliphatic heterocycles. The number of urea groups is 1. The zero-order valence-electron chi connectivity index (χ0n) is 10.2. The molecule has 0 aliphatic rings. The van der Waals surface area contributed by atoms with E-state index in [0.717, 1.165) is 0 Å². The Balaban J connectivity index is 2.58. The number of para-hydroxylation sites is 1. The Morgan fingerprint density at radius 3 is 2.53 bits per heavy atom. The number of nitrogens with two attached hydrogens (primary N) is 1. The van der Waals surface area contributed by atoms with Crippen molar-refractivity contribution in [2.24, 2.45) is 5.73 Å². The number of carboxylic acid groups (broad SMARTS) is 1. The van der Waals surface area contributed by atoms with Crippen LogP contribution in [0.1, 0.15) is 12.0 Å². The van der Waals surface area contributed by atoms with Crippen LogP contribution in [0.4, 0.5) is 10.5 Å². The molecule has 3 amide bonds. The Bertz CT molecular complexity index is 488. The van der Waals surface area contributed by atoms with Crippen LogP contribution < -0.4 is 16.4 Å². The molecule has 5 N–H and O–H groups in total. The number of carbonyl (C=O) groups excluding carboxylic acids is 2. The summed E-state index contributed by atoms with van der Waals surface area (Å²) >= 11 is 0. The quantitative estimate of drug-likeness (QED) is 0.591. The highest BCUT2D eigenvalue weighted by Crippen LogP contribution is 2.15. The van der Waals surface area contributed by atoms with E-state index in [-0.39, 0.29) is 19.4 Å². The number of hydrogen-bond acceptors (Lipinski definition) is 3. The minimum absolute atomic E-state index is 0.0458. The second-order valence-corrected chi connectivity index (χ2v) is 3.82. The first-order valence-corrected chi connectivity index (χ1v) is 5.62. The molecule has 7 nitrogen and oxygen atoms in total. The SMILES string of the molecule is NC(=O)CCNC(=O)Nc1ccccc1CC(=O)O. The van der Waals surface area contributed by atoms with Gasteiger partial charge >= 0.3 is 12.0 Å². The van der Waals surface area contributed by atoms with Crippen LogP contribution in [0, 0.1) is 0 Å². The van der Waals surface area contributed by atoms with Crippen molar-refractivity contribution in [2.75, 3.05) is 11.9 Å². The van der Waals surface area contributed by atoms with Gasteiger partial charge in [0.05, 0.1) is 6.42 Å². The lowest BCUT2D eigenvalue weighted by Gasteiger charge is -2.10. The van der Waals surface area contributed by atoms with Crippen molar-refractivity contribution in [3.05, 3.63) is 29.8 Å². The lowest BCUT2D eigenvalue weighted by molar-refractivity contribution is -0.136. The molecular formula is C12H15N3O4. The number of carboxylic acids is 1. The highest BCUT2D eigenvalue weighted by molar-refractivity contribution is 5.91. The number of benzene rings is 1. The fourth-order valence-corrected chi connectivity index (χ4v) is 1.43. The third kappa shape index (κ3) is 5.53. The molecule has 0 fully saturated rings. The van der Waals surface area contributed by atoms with Crippen LogP contribution in [-0.2, 0) is 16.0 Å². The van der Waals surface area contributed by atoms with Gasteiger partial charge in [-0.3, -0.25) is 9.59 Å². The van der Waals surface area contributed by atoms with Crippen LogP contribution in [-0.4, -0.2) is 29.6 Å². The molecule has 0 heterocycles. The average molecular weight is 265 g/mol. The van der Waals surface area contributed by atoms with Gasteiger partial charge in [0.25, 0.3) is 0 Å². The first-order valence-electron chi connectivity index (χ1n) is 5.62. The molecule has 1 aromatic rings. The number of amides is 3. The van der Waals surface area contributed by atoms with Crippen LogP contribution in [0.5, 0.6) is 0 Å². The monoisotopic (exact) mass is 265 g/mol. The average Bonchev–Trinajstić information content (AvgIpc) is 2.30. The van der Waals surface area contributed by atoms with Crippen molar-refractivity contribution in [1.29, 1.82) is 0 Å². The predicted octanol–water partition coefficient (Wildman–Crippen LogP) is 0.311. The third-order valence-corrected chi connectivity index (χ3v) is 2.26. The van der Waals surface area contributed by atoms with Crippen LogP contribution >= 0.6 is 0 Å². The van der Waals surface area contributed by atoms with Crippen molar-refractivity contribution in [3.63, 3.8) is 0 Å². The summed E-state index contributed by atoms with van der Waals surface area (Å²) in [6.45, 7) is 0.127. The summed E-state index contributed by atoms with van der Waals surface area (Å²) in [5.74, 6) is -1.49. The summed E-state index contributed by atoms with van der Waals surface area (Å²) in [5, 5.41) is 13.7. The van der Waals surface area contributed by atoms with E-state index in [4.69, 9.17) is 10.8 Å². The summed E-state index contributed by atoms with van der Waals surface area (Å²) in [6, 6.07) is 6.08. The maximum Gasteiger partial charge on any atom is 0.319 e. The Morgan fingerprint density at radius 1 is 1.21 bits per heavy atom. The van der Waals surface area contributed by atoms with Gasteiger partial charge in [-0.15, -0.1) is 0 Å². The Morgan fingerprint density at radius 2 is 1.89 bits per heavy atom. The summed E-state index contributed by atoms with van der Waals surface area (Å²) in [6.07, 6.45) is -0.137. The summed E-state index contributed by atoms with van der Waals surface area (Å²) < 4.78 is 0. The molecule has 0 bridgehead atoms. The van der Waals surface area contributed by atoms with E-state index in [1.807, 2.05) is 0 Å². The minimum atomic E-state index is -0.983. The Labute approximate surface area is 109 Å². The maximum atomic E-state index is 11.5. The zero-order chi connectivity index (χ0) is 14.3. The molecule has 0 spiro atoms. The first-order chi connectivity index (χ1) is 8.99. The van der Waals surface area contributed by atoms with Crippen LogP contribution in [0.2, 0.25) is 0 Å². The molecule has 0 saturated heterocycles. The summed E-state index contributed by atoms with van der Waals surface area (Å²) in [7, 11) is 0. The predicted molar refractivity (Wildman–Crippen MR) is 68.6 cm³/mol. The van der Waals surface area contributed by atoms with E-state index < -0.39 is 17.9 Å². The molecule has 102 valence electrons. The number of nitrogens with one attached hydrogen (secondary N) is 2. The molecule has 1 rings (SSSR count). The number of anilines is 1. The third-order valence-electron chi connectivity index (χ3n) is 2.26. The van der Waals surface area contributed by atoms with Gasteiger partial charge in [0.1, 0.15) is 0 Å². The largest absolute Gasteiger partial charge is 0.481 e. The van der Waals surface area contributed by atoms with Crippen molar-refractivity contribution in [1.82, 2.24) is 5.32 Å². The van der Waals surface area contributed by atoms with E-state index in [9.17, 15) is 14.4 Å². The fourth-order valence-electron chi connectivity index (χ4n) is 1.43. The summed E-state index contributed by atoms with van der Waals surface area (Å²) in [4.78, 5) is 32.7. The molecule has 0 radical (unpaired) electrons. The fraction of sp³-hybridized carbons (Fsp3) is 0.250. The van der Waals surface area contributed by atoms with E-state index in [1.165, 1.54) is 0 Å². The molecule has 7 heteroatoms. The van der Waals surface area contributed by atoms with Crippen LogP contribution in [0.3, 0.4) is 0 Å². The van der Waals surface area contributed by atoms with E-state index in [2.05, 4.69) is 10.6 Å². The van der Waals surface area contributed by atoms with E-state index >= 15 is 0 Å². The van der Waals surface area contributed by atoms with Gasteiger partial charge in [-0.25, -0.2) is 4.79 Å². The molecule has 0 unspecified atom stereocenters. The number of primary amides is 1. The van der Waals surface area contributed by atoms with Crippen molar-refractivity contribution < 1.29 is 19.5 Å². The van der Waals surface area contributed by atoms with Gasteiger partial charge in [-0.1, -0.05) is 18.2 Å². The van der Waals surface area contributed by atoms with Gasteiger partial charge in [-0.2, -0.15) is 0 Å². The number of hydrogen-bond donors (Lipinski definition) is 4. The standard InChI is InChI=1S/C12H15N3O4/c13-10(16)5-6-14-12(19)15-9-4-2-1-3-8(9)7-11(17)18/h1-4H,5-7H2,(H2,13,16)(H,17,18)(H2,14,15,19). The van der Waals surface area contributed by atoms with Gasteiger partial charge in [0, 0.05) is 18.7 Å². The number of rotatable bonds is 6. The minimum Gasteiger partial charge on any atom is -0.481 e. The highest BCUT2D eigenvalue weighted by Gasteiger charge is 2.08. The van der Waals surface area contributed by atoms with Crippen LogP contribution in [0.15, 0.2) is 24.3 Å². The first kappa shape index (κ1) is 14.5. The van der Waals surface area contributed by atoms with Gasteiger partial charge in [0.2, 0.25) is 5.91 Å². The molecule has 0 atom stereocenters. The molecule has 0 saturated carbocycles. The highest BCUT2D eigenvalue weighted by atomic mass is 16.4. The summed E-state index contributed by atoms with van der Waals surface area (Å²) in [5.41, 5.74) is 5.85. The van der Waals surface area contributed by atoms with E-state index in [0.29, 0.717) is 11.3 Å². The van der Waals surface area contributed by atoms with E-state index in [1.54, 1.807) is 24.3 Å². The molecule has 19 heavy (non-hydrogen) atoms. The van der Waals surface area contributed by atoms with Crippen molar-refractivity contribution in [2.45, 2.75) is 12.8 Å². The molecule has 0 aliphatic carbocycles. The lowest BCUT2D eigenvalue weighted by Crippen LogP contribution is -2.32. The van der Waals surface area contributed by atoms with Crippen molar-refractivity contribution in [3.8, 4) is 0 Å². The zero-order valence-corrected chi connectivity index (χ0v) is 10.2. The molecule has 0 aromatic heterocycles. The number of aliphatic carboxylic acids is 1. The van der Waals surface area contributed by atoms with Gasteiger partial charge in [0.15, 0.2) is 0 Å². The van der Waals surface area contributed by atoms with Gasteiger partial charge < -0.3 is 21.5 Å². The maximum absolute atomic E-state index is 11.5. The van der Waals surface area contributed by atoms with Gasteiger partial charge in [-0.05, 0) is 11.6 Å². The molecular weight excluding hydrogens is 250 g/mol. The topological polar surface area (TPSA) is 122 Å². The second-order valence-electron chi connectivity index (χ2n) is 3.82. The lowest BCUT2D eigenvalue weighted by atomic mass is 10.1. The second kappa shape index (κ2) is 7.00. The normalized spacial score (nSPS) is 9.68. The van der Waals surface area contributed by atoms with Crippen LogP contribution in [0.25, 0.3) is 0 Å². The van der Waals surface area contributed by atoms with Crippen molar-refractivity contribution >= 4 is 23.6 Å².